The molecule has 0 fully saturated rings. The maximum Gasteiger partial charge on any atom is 0.126 e. The Balaban J connectivity index is 2.70. The van der Waals surface area contributed by atoms with Gasteiger partial charge in [-0.15, -0.1) is 0 Å². The molecule has 1 unspecified atom stereocenters. The fourth-order valence-electron chi connectivity index (χ4n) is 0.984. The number of pyridine rings is 1. The van der Waals surface area contributed by atoms with Crippen LogP contribution in [0.4, 0.5) is 5.82 Å². The topological polar surface area (TPSA) is 48.7 Å². The second kappa shape index (κ2) is 4.31. The van der Waals surface area contributed by atoms with Crippen LogP contribution in [0.5, 0.6) is 0 Å². The van der Waals surface area contributed by atoms with E-state index in [0.29, 0.717) is 11.6 Å². The lowest BCUT2D eigenvalue weighted by molar-refractivity contribution is 0.359. The number of rotatable bonds is 2. The Morgan fingerprint density at radius 3 is 2.47 bits per heavy atom. The van der Waals surface area contributed by atoms with Gasteiger partial charge in [-0.2, -0.15) is 5.26 Å². The number of hydrogen-bond acceptors (Lipinski definition) is 3. The third-order valence-electron chi connectivity index (χ3n) is 2.56. The van der Waals surface area contributed by atoms with E-state index in [-0.39, 0.29) is 5.41 Å². The molecule has 0 saturated carbocycles. The largest absolute Gasteiger partial charge is 0.367 e. The summed E-state index contributed by atoms with van der Waals surface area (Å²) in [7, 11) is 0. The molecule has 0 bridgehead atoms. The van der Waals surface area contributed by atoms with Crippen LogP contribution in [0.25, 0.3) is 0 Å². The van der Waals surface area contributed by atoms with E-state index in [2.05, 4.69) is 38.0 Å². The molecule has 1 rings (SSSR count). The fourth-order valence-corrected chi connectivity index (χ4v) is 0.984. The van der Waals surface area contributed by atoms with Gasteiger partial charge in [0, 0.05) is 12.2 Å². The third kappa shape index (κ3) is 3.25. The Labute approximate surface area is 91.1 Å². The molecule has 15 heavy (non-hydrogen) atoms. The summed E-state index contributed by atoms with van der Waals surface area (Å²) in [4.78, 5) is 4.17. The zero-order chi connectivity index (χ0) is 11.5. The monoisotopic (exact) mass is 203 g/mol. The van der Waals surface area contributed by atoms with Crippen molar-refractivity contribution in [2.75, 3.05) is 5.32 Å². The molecule has 1 aromatic rings. The van der Waals surface area contributed by atoms with Crippen molar-refractivity contribution in [3.05, 3.63) is 23.9 Å². The van der Waals surface area contributed by atoms with Crippen molar-refractivity contribution in [1.29, 1.82) is 5.26 Å². The van der Waals surface area contributed by atoms with Crippen LogP contribution in [-0.4, -0.2) is 11.0 Å². The minimum Gasteiger partial charge on any atom is -0.367 e. The Kier molecular flexibility index (Phi) is 3.31. The predicted octanol–water partition coefficient (Wildman–Crippen LogP) is 2.80. The van der Waals surface area contributed by atoms with E-state index in [1.54, 1.807) is 12.3 Å². The number of nitrogens with zero attached hydrogens (tertiary/aromatic N) is 2. The van der Waals surface area contributed by atoms with Gasteiger partial charge in [-0.3, -0.25) is 0 Å². The summed E-state index contributed by atoms with van der Waals surface area (Å²) >= 11 is 0. The molecule has 0 amide bonds. The minimum atomic E-state index is 0.190. The first-order valence-corrected chi connectivity index (χ1v) is 5.06. The first-order valence-electron chi connectivity index (χ1n) is 5.06. The van der Waals surface area contributed by atoms with Gasteiger partial charge in [0.1, 0.15) is 11.9 Å². The molecule has 1 heterocycles. The minimum absolute atomic E-state index is 0.190. The average molecular weight is 203 g/mol. The van der Waals surface area contributed by atoms with Gasteiger partial charge < -0.3 is 5.32 Å². The molecule has 0 aliphatic carbocycles. The van der Waals surface area contributed by atoms with Gasteiger partial charge in [0.15, 0.2) is 0 Å². The van der Waals surface area contributed by atoms with Gasteiger partial charge in [-0.1, -0.05) is 20.8 Å². The molecule has 0 spiro atoms. The molecular weight excluding hydrogens is 186 g/mol. The van der Waals surface area contributed by atoms with Gasteiger partial charge in [-0.05, 0) is 24.5 Å². The van der Waals surface area contributed by atoms with E-state index in [0.717, 1.165) is 5.82 Å². The molecule has 0 aliphatic rings. The zero-order valence-corrected chi connectivity index (χ0v) is 9.70. The van der Waals surface area contributed by atoms with E-state index < -0.39 is 0 Å². The van der Waals surface area contributed by atoms with Crippen LogP contribution in [0, 0.1) is 16.7 Å². The van der Waals surface area contributed by atoms with E-state index >= 15 is 0 Å². The van der Waals surface area contributed by atoms with Crippen molar-refractivity contribution in [1.82, 2.24) is 4.98 Å². The van der Waals surface area contributed by atoms with Crippen molar-refractivity contribution >= 4 is 5.82 Å². The molecule has 3 nitrogen and oxygen atoms in total. The van der Waals surface area contributed by atoms with Crippen LogP contribution in [0.15, 0.2) is 18.3 Å². The standard InChI is InChI=1S/C12H17N3/c1-9(12(2,3)4)15-11-6-5-10(7-13)8-14-11/h5-6,8-9H,1-4H3,(H,14,15). The van der Waals surface area contributed by atoms with Crippen molar-refractivity contribution in [2.45, 2.75) is 33.7 Å². The molecule has 1 aromatic heterocycles. The van der Waals surface area contributed by atoms with Crippen molar-refractivity contribution in [2.24, 2.45) is 5.41 Å². The maximum absolute atomic E-state index is 8.63. The van der Waals surface area contributed by atoms with Gasteiger partial charge in [-0.25, -0.2) is 4.98 Å². The van der Waals surface area contributed by atoms with Crippen LogP contribution < -0.4 is 5.32 Å². The van der Waals surface area contributed by atoms with Gasteiger partial charge >= 0.3 is 0 Å². The summed E-state index contributed by atoms with van der Waals surface area (Å²) in [6, 6.07) is 5.98. The van der Waals surface area contributed by atoms with Gasteiger partial charge in [0.05, 0.1) is 5.56 Å². The first-order chi connectivity index (χ1) is 6.93. The summed E-state index contributed by atoms with van der Waals surface area (Å²) in [5.41, 5.74) is 0.777. The van der Waals surface area contributed by atoms with Crippen LogP contribution >= 0.6 is 0 Å². The average Bonchev–Trinajstić information content (AvgIpc) is 2.17. The van der Waals surface area contributed by atoms with Crippen LogP contribution in [-0.2, 0) is 0 Å². The van der Waals surface area contributed by atoms with E-state index in [9.17, 15) is 0 Å². The molecule has 80 valence electrons. The molecule has 1 N–H and O–H groups in total. The quantitative estimate of drug-likeness (QED) is 0.804. The first kappa shape index (κ1) is 11.5. The van der Waals surface area contributed by atoms with E-state index in [1.165, 1.54) is 0 Å². The Morgan fingerprint density at radius 2 is 2.07 bits per heavy atom. The highest BCUT2D eigenvalue weighted by Crippen LogP contribution is 2.21. The normalized spacial score (nSPS) is 13.0. The maximum atomic E-state index is 8.63. The zero-order valence-electron chi connectivity index (χ0n) is 9.70. The second-order valence-corrected chi connectivity index (χ2v) is 4.78. The fraction of sp³-hybridized carbons (Fsp3) is 0.500. The van der Waals surface area contributed by atoms with Gasteiger partial charge in [0.2, 0.25) is 0 Å². The summed E-state index contributed by atoms with van der Waals surface area (Å²) in [6.45, 7) is 8.65. The smallest absolute Gasteiger partial charge is 0.126 e. The van der Waals surface area contributed by atoms with Crippen LogP contribution in [0.2, 0.25) is 0 Å². The van der Waals surface area contributed by atoms with E-state index in [4.69, 9.17) is 5.26 Å². The summed E-state index contributed by atoms with van der Waals surface area (Å²) in [5.74, 6) is 0.816. The Morgan fingerprint density at radius 1 is 1.40 bits per heavy atom. The number of nitrogens with one attached hydrogen (secondary N) is 1. The molecule has 3 heteroatoms. The van der Waals surface area contributed by atoms with Crippen molar-refractivity contribution < 1.29 is 0 Å². The molecule has 1 atom stereocenters. The lowest BCUT2D eigenvalue weighted by atomic mass is 9.88. The molecule has 0 radical (unpaired) electrons. The van der Waals surface area contributed by atoms with Crippen molar-refractivity contribution in [3.8, 4) is 6.07 Å². The molecular formula is C12H17N3. The highest BCUT2D eigenvalue weighted by molar-refractivity contribution is 5.39. The second-order valence-electron chi connectivity index (χ2n) is 4.78. The molecule has 0 saturated heterocycles. The number of nitriles is 1. The lowest BCUT2D eigenvalue weighted by Gasteiger charge is -2.28. The highest BCUT2D eigenvalue weighted by atomic mass is 15.0. The molecule has 0 aromatic carbocycles. The lowest BCUT2D eigenvalue weighted by Crippen LogP contribution is -2.31. The number of aromatic nitrogens is 1. The summed E-state index contributed by atoms with van der Waals surface area (Å²) in [5, 5.41) is 11.9. The Bertz CT molecular complexity index is 354. The van der Waals surface area contributed by atoms with Crippen LogP contribution in [0.3, 0.4) is 0 Å². The predicted molar refractivity (Wildman–Crippen MR) is 61.5 cm³/mol. The number of anilines is 1. The Hall–Kier alpha value is -1.56. The molecule has 0 aliphatic heterocycles. The summed E-state index contributed by atoms with van der Waals surface area (Å²) in [6.07, 6.45) is 1.58. The van der Waals surface area contributed by atoms with Crippen LogP contribution in [0.1, 0.15) is 33.3 Å². The highest BCUT2D eigenvalue weighted by Gasteiger charge is 2.19. The van der Waals surface area contributed by atoms with E-state index in [1.807, 2.05) is 12.1 Å². The van der Waals surface area contributed by atoms with Crippen molar-refractivity contribution in [3.63, 3.8) is 0 Å². The summed E-state index contributed by atoms with van der Waals surface area (Å²) < 4.78 is 0. The van der Waals surface area contributed by atoms with Gasteiger partial charge in [0.25, 0.3) is 0 Å². The third-order valence-corrected chi connectivity index (χ3v) is 2.56. The number of hydrogen-bond donors (Lipinski definition) is 1. The SMILES string of the molecule is CC(Nc1ccc(C#N)cn1)C(C)(C)C.